The summed E-state index contributed by atoms with van der Waals surface area (Å²) in [5, 5.41) is 44.1. The predicted molar refractivity (Wildman–Crippen MR) is 92.4 cm³/mol. The van der Waals surface area contributed by atoms with Crippen molar-refractivity contribution in [3.8, 4) is 5.75 Å². The van der Waals surface area contributed by atoms with E-state index in [1.165, 1.54) is 7.11 Å². The smallest absolute Gasteiger partial charge is 0.159 e. The minimum absolute atomic E-state index is 0.111. The van der Waals surface area contributed by atoms with Crippen molar-refractivity contribution in [3.63, 3.8) is 0 Å². The van der Waals surface area contributed by atoms with E-state index in [-0.39, 0.29) is 18.1 Å². The maximum atomic E-state index is 12.8. The Labute approximate surface area is 151 Å². The second-order valence-electron chi connectivity index (χ2n) is 7.87. The van der Waals surface area contributed by atoms with Crippen LogP contribution in [-0.4, -0.2) is 45.0 Å². The van der Waals surface area contributed by atoms with Crippen LogP contribution in [0.15, 0.2) is 29.3 Å². The number of ether oxygens (including phenoxy) is 1. The van der Waals surface area contributed by atoms with E-state index in [0.29, 0.717) is 40.9 Å². The molecule has 6 nitrogen and oxygen atoms in total. The fraction of sp³-hybridized carbons (Fsp3) is 0.550. The Balaban J connectivity index is 1.94. The highest BCUT2D eigenvalue weighted by Crippen LogP contribution is 2.58. The minimum atomic E-state index is -1.84. The second-order valence-corrected chi connectivity index (χ2v) is 7.87. The van der Waals surface area contributed by atoms with Crippen molar-refractivity contribution in [1.29, 1.82) is 0 Å². The third-order valence-corrected chi connectivity index (χ3v) is 6.22. The first-order valence-electron chi connectivity index (χ1n) is 8.99. The number of Topliss-reactive ketones (excluding diaryl/α,β-unsaturated/α-hetero) is 1. The SMILES string of the molecule is COc1cccc2c1C(O)C1(O)CC(O)C3=C(C(=O)CC(C)C3)C1C2O. The topological polar surface area (TPSA) is 107 Å². The van der Waals surface area contributed by atoms with Gasteiger partial charge in [0.25, 0.3) is 0 Å². The summed E-state index contributed by atoms with van der Waals surface area (Å²) in [5.74, 6) is -0.659. The number of benzene rings is 1. The molecule has 3 aliphatic rings. The normalized spacial score (nSPS) is 39.2. The summed E-state index contributed by atoms with van der Waals surface area (Å²) < 4.78 is 5.30. The van der Waals surface area contributed by atoms with Gasteiger partial charge in [0.15, 0.2) is 5.78 Å². The van der Waals surface area contributed by atoms with Crippen molar-refractivity contribution in [1.82, 2.24) is 0 Å². The zero-order valence-electron chi connectivity index (χ0n) is 14.8. The molecule has 1 aromatic rings. The van der Waals surface area contributed by atoms with Gasteiger partial charge in [0.2, 0.25) is 0 Å². The van der Waals surface area contributed by atoms with Crippen LogP contribution in [0.2, 0.25) is 0 Å². The van der Waals surface area contributed by atoms with Gasteiger partial charge in [-0.15, -0.1) is 0 Å². The molecule has 0 aromatic heterocycles. The summed E-state index contributed by atoms with van der Waals surface area (Å²) >= 11 is 0. The molecule has 0 bridgehead atoms. The third kappa shape index (κ3) is 2.23. The zero-order chi connectivity index (χ0) is 18.8. The molecule has 140 valence electrons. The highest BCUT2D eigenvalue weighted by Gasteiger charge is 2.60. The lowest BCUT2D eigenvalue weighted by molar-refractivity contribution is -0.172. The van der Waals surface area contributed by atoms with Gasteiger partial charge in [-0.1, -0.05) is 19.1 Å². The Morgan fingerprint density at radius 1 is 1.19 bits per heavy atom. The highest BCUT2D eigenvalue weighted by molar-refractivity contribution is 5.98. The molecule has 6 heteroatoms. The summed E-state index contributed by atoms with van der Waals surface area (Å²) in [4.78, 5) is 12.8. The third-order valence-electron chi connectivity index (χ3n) is 6.22. The Kier molecular flexibility index (Phi) is 4.00. The van der Waals surface area contributed by atoms with Gasteiger partial charge in [-0.25, -0.2) is 0 Å². The van der Waals surface area contributed by atoms with Gasteiger partial charge in [0, 0.05) is 29.9 Å². The molecule has 6 unspecified atom stereocenters. The predicted octanol–water partition coefficient (Wildman–Crippen LogP) is 1.18. The first kappa shape index (κ1) is 17.7. The Hall–Kier alpha value is -1.73. The summed E-state index contributed by atoms with van der Waals surface area (Å²) in [5.41, 5.74) is -0.184. The van der Waals surface area contributed by atoms with Crippen molar-refractivity contribution in [3.05, 3.63) is 40.5 Å². The van der Waals surface area contributed by atoms with Crippen molar-refractivity contribution in [2.45, 2.75) is 50.1 Å². The number of carbonyl (C=O) groups excluding carboxylic acids is 1. The molecule has 6 atom stereocenters. The average Bonchev–Trinajstić information content (AvgIpc) is 2.60. The van der Waals surface area contributed by atoms with E-state index in [4.69, 9.17) is 4.74 Å². The molecule has 0 saturated heterocycles. The van der Waals surface area contributed by atoms with E-state index in [2.05, 4.69) is 0 Å². The van der Waals surface area contributed by atoms with Crippen LogP contribution in [0.4, 0.5) is 0 Å². The fourth-order valence-electron chi connectivity index (χ4n) is 5.09. The van der Waals surface area contributed by atoms with E-state index in [1.54, 1.807) is 18.2 Å². The zero-order valence-corrected chi connectivity index (χ0v) is 14.8. The van der Waals surface area contributed by atoms with E-state index in [9.17, 15) is 25.2 Å². The molecule has 0 saturated carbocycles. The fourth-order valence-corrected chi connectivity index (χ4v) is 5.09. The number of hydrogen-bond donors (Lipinski definition) is 4. The lowest BCUT2D eigenvalue weighted by Gasteiger charge is -2.52. The number of carbonyl (C=O) groups is 1. The molecule has 26 heavy (non-hydrogen) atoms. The number of methoxy groups -OCH3 is 1. The Bertz CT molecular complexity index is 799. The molecule has 0 heterocycles. The number of fused-ring (bicyclic) bond motifs is 3. The lowest BCUT2D eigenvalue weighted by atomic mass is 9.57. The number of ketones is 1. The van der Waals surface area contributed by atoms with Crippen LogP contribution in [0.25, 0.3) is 0 Å². The quantitative estimate of drug-likeness (QED) is 0.599. The first-order chi connectivity index (χ1) is 12.3. The van der Waals surface area contributed by atoms with Gasteiger partial charge < -0.3 is 25.2 Å². The first-order valence-corrected chi connectivity index (χ1v) is 8.99. The molecule has 0 amide bonds. The largest absolute Gasteiger partial charge is 0.496 e. The Morgan fingerprint density at radius 2 is 1.92 bits per heavy atom. The van der Waals surface area contributed by atoms with E-state index in [0.717, 1.165) is 0 Å². The van der Waals surface area contributed by atoms with Crippen LogP contribution in [0.5, 0.6) is 5.75 Å². The number of aliphatic hydroxyl groups is 4. The van der Waals surface area contributed by atoms with Gasteiger partial charge in [-0.3, -0.25) is 4.79 Å². The minimum Gasteiger partial charge on any atom is -0.496 e. The maximum absolute atomic E-state index is 12.8. The van der Waals surface area contributed by atoms with Gasteiger partial charge >= 0.3 is 0 Å². The highest BCUT2D eigenvalue weighted by atomic mass is 16.5. The summed E-state index contributed by atoms with van der Waals surface area (Å²) in [7, 11) is 1.45. The van der Waals surface area contributed by atoms with Crippen LogP contribution in [0.3, 0.4) is 0 Å². The van der Waals surface area contributed by atoms with Crippen LogP contribution in [0.1, 0.15) is 49.5 Å². The molecule has 1 aromatic carbocycles. The molecule has 0 aliphatic heterocycles. The molecule has 4 N–H and O–H groups in total. The summed E-state index contributed by atoms with van der Waals surface area (Å²) in [6.45, 7) is 1.95. The van der Waals surface area contributed by atoms with Crippen LogP contribution in [-0.2, 0) is 4.79 Å². The van der Waals surface area contributed by atoms with E-state index in [1.807, 2.05) is 6.92 Å². The van der Waals surface area contributed by atoms with Crippen molar-refractivity contribution >= 4 is 5.78 Å². The average molecular weight is 360 g/mol. The number of aliphatic hydroxyl groups excluding tert-OH is 3. The molecular weight excluding hydrogens is 336 g/mol. The summed E-state index contributed by atoms with van der Waals surface area (Å²) in [6, 6.07) is 5.03. The van der Waals surface area contributed by atoms with Crippen molar-refractivity contribution in [2.24, 2.45) is 11.8 Å². The second kappa shape index (κ2) is 5.89. The standard InChI is InChI=1S/C20H24O6/c1-9-6-11-13(22)8-20(25)17(15(11)12(21)7-9)18(23)10-4-3-5-14(26-2)16(10)19(20)24/h3-5,9,13,17-19,22-25H,6-8H2,1-2H3. The maximum Gasteiger partial charge on any atom is 0.159 e. The molecule has 0 fully saturated rings. The lowest BCUT2D eigenvalue weighted by Crippen LogP contribution is -2.57. The number of hydrogen-bond acceptors (Lipinski definition) is 6. The Morgan fingerprint density at radius 3 is 2.62 bits per heavy atom. The molecular formula is C20H24O6. The molecule has 4 rings (SSSR count). The van der Waals surface area contributed by atoms with Gasteiger partial charge in [-0.2, -0.15) is 0 Å². The van der Waals surface area contributed by atoms with Crippen LogP contribution in [0, 0.1) is 11.8 Å². The van der Waals surface area contributed by atoms with Crippen molar-refractivity contribution in [2.75, 3.05) is 7.11 Å². The monoisotopic (exact) mass is 360 g/mol. The van der Waals surface area contributed by atoms with Crippen LogP contribution < -0.4 is 4.74 Å². The summed E-state index contributed by atoms with van der Waals surface area (Å²) in [6.07, 6.45) is -2.82. The molecule has 0 radical (unpaired) electrons. The van der Waals surface area contributed by atoms with Gasteiger partial charge in [0.1, 0.15) is 17.5 Å². The van der Waals surface area contributed by atoms with Gasteiger partial charge in [-0.05, 0) is 29.5 Å². The molecule has 0 spiro atoms. The molecule has 3 aliphatic carbocycles. The number of rotatable bonds is 1. The van der Waals surface area contributed by atoms with E-state index < -0.39 is 29.8 Å². The van der Waals surface area contributed by atoms with E-state index >= 15 is 0 Å². The van der Waals surface area contributed by atoms with Crippen LogP contribution >= 0.6 is 0 Å². The van der Waals surface area contributed by atoms with Crippen molar-refractivity contribution < 1.29 is 30.0 Å². The van der Waals surface area contributed by atoms with Gasteiger partial charge in [0.05, 0.1) is 19.3 Å².